The minimum absolute atomic E-state index is 0.180. The number of hydrogen-bond acceptors (Lipinski definition) is 1. The van der Waals surface area contributed by atoms with Gasteiger partial charge < -0.3 is 5.11 Å². The van der Waals surface area contributed by atoms with Gasteiger partial charge in [0.25, 0.3) is 0 Å². The third-order valence-corrected chi connectivity index (χ3v) is 4.18. The maximum Gasteiger partial charge on any atom is 0.119 e. The summed E-state index contributed by atoms with van der Waals surface area (Å²) in [6.45, 7) is 13.3. The van der Waals surface area contributed by atoms with E-state index in [1.807, 2.05) is 6.07 Å². The van der Waals surface area contributed by atoms with Gasteiger partial charge in [-0.25, -0.2) is 0 Å². The summed E-state index contributed by atoms with van der Waals surface area (Å²) in [6.07, 6.45) is 1.10. The summed E-state index contributed by atoms with van der Waals surface area (Å²) >= 11 is 0. The van der Waals surface area contributed by atoms with Crippen molar-refractivity contribution in [3.05, 3.63) is 29.3 Å². The highest BCUT2D eigenvalue weighted by molar-refractivity contribution is 5.41. The molecule has 1 aromatic carbocycles. The first-order valence-corrected chi connectivity index (χ1v) is 6.63. The molecule has 0 saturated heterocycles. The molecule has 0 aliphatic carbocycles. The van der Waals surface area contributed by atoms with Crippen LogP contribution in [0, 0.1) is 5.92 Å². The lowest BCUT2D eigenvalue weighted by Gasteiger charge is -2.26. The van der Waals surface area contributed by atoms with Crippen LogP contribution in [-0.2, 0) is 5.41 Å². The second-order valence-corrected chi connectivity index (χ2v) is 6.04. The van der Waals surface area contributed by atoms with Gasteiger partial charge in [-0.2, -0.15) is 0 Å². The molecule has 0 heterocycles. The maximum absolute atomic E-state index is 9.99. The second-order valence-electron chi connectivity index (χ2n) is 6.04. The maximum atomic E-state index is 9.99. The SMILES string of the molecule is CCC(C)(C)c1ccc(O)c(C(C)C(C)C)c1. The van der Waals surface area contributed by atoms with Crippen molar-refractivity contribution in [3.8, 4) is 5.75 Å². The molecule has 0 spiro atoms. The molecule has 0 aliphatic heterocycles. The molecule has 1 rings (SSSR count). The Morgan fingerprint density at radius 3 is 2.24 bits per heavy atom. The average Bonchev–Trinajstić information content (AvgIpc) is 2.28. The number of phenols is 1. The molecule has 0 bridgehead atoms. The summed E-state index contributed by atoms with van der Waals surface area (Å²) in [4.78, 5) is 0. The average molecular weight is 234 g/mol. The van der Waals surface area contributed by atoms with Gasteiger partial charge in [0.05, 0.1) is 0 Å². The fraction of sp³-hybridized carbons (Fsp3) is 0.625. The summed E-state index contributed by atoms with van der Waals surface area (Å²) in [6, 6.07) is 6.08. The zero-order valence-electron chi connectivity index (χ0n) is 12.0. The topological polar surface area (TPSA) is 20.2 Å². The molecule has 0 aliphatic rings. The van der Waals surface area contributed by atoms with Crippen LogP contribution >= 0.6 is 0 Å². The zero-order chi connectivity index (χ0) is 13.2. The molecule has 0 fully saturated rings. The van der Waals surface area contributed by atoms with Gasteiger partial charge in [0.2, 0.25) is 0 Å². The van der Waals surface area contributed by atoms with Gasteiger partial charge in [-0.05, 0) is 40.9 Å². The largest absolute Gasteiger partial charge is 0.508 e. The first kappa shape index (κ1) is 14.1. The predicted molar refractivity (Wildman–Crippen MR) is 74.7 cm³/mol. The molecule has 1 unspecified atom stereocenters. The van der Waals surface area contributed by atoms with Crippen LogP contribution in [0.25, 0.3) is 0 Å². The van der Waals surface area contributed by atoms with Gasteiger partial charge in [-0.1, -0.05) is 53.7 Å². The Kier molecular flexibility index (Phi) is 4.24. The van der Waals surface area contributed by atoms with Crippen LogP contribution in [0.2, 0.25) is 0 Å². The Balaban J connectivity index is 3.20. The van der Waals surface area contributed by atoms with E-state index in [0.29, 0.717) is 17.6 Å². The molecule has 17 heavy (non-hydrogen) atoms. The normalized spacial score (nSPS) is 14.1. The molecule has 1 atom stereocenters. The number of hydrogen-bond donors (Lipinski definition) is 1. The number of aromatic hydroxyl groups is 1. The highest BCUT2D eigenvalue weighted by Gasteiger charge is 2.21. The second kappa shape index (κ2) is 5.12. The van der Waals surface area contributed by atoms with Crippen LogP contribution in [-0.4, -0.2) is 5.11 Å². The van der Waals surface area contributed by atoms with Crippen molar-refractivity contribution < 1.29 is 5.11 Å². The molecule has 1 heteroatoms. The van der Waals surface area contributed by atoms with E-state index in [-0.39, 0.29) is 5.41 Å². The molecule has 0 amide bonds. The first-order valence-electron chi connectivity index (χ1n) is 6.63. The van der Waals surface area contributed by atoms with Crippen LogP contribution < -0.4 is 0 Å². The van der Waals surface area contributed by atoms with E-state index in [1.165, 1.54) is 5.56 Å². The fourth-order valence-corrected chi connectivity index (χ4v) is 1.90. The quantitative estimate of drug-likeness (QED) is 0.790. The van der Waals surface area contributed by atoms with Gasteiger partial charge in [0.15, 0.2) is 0 Å². The van der Waals surface area contributed by atoms with Crippen molar-refractivity contribution in [2.45, 2.75) is 59.3 Å². The van der Waals surface area contributed by atoms with E-state index in [0.717, 1.165) is 12.0 Å². The molecule has 1 aromatic rings. The van der Waals surface area contributed by atoms with E-state index in [2.05, 4.69) is 53.7 Å². The van der Waals surface area contributed by atoms with E-state index in [9.17, 15) is 5.11 Å². The third kappa shape index (κ3) is 3.02. The Labute approximate surface area is 106 Å². The van der Waals surface area contributed by atoms with Crippen molar-refractivity contribution in [1.82, 2.24) is 0 Å². The molecular formula is C16H26O. The zero-order valence-corrected chi connectivity index (χ0v) is 12.0. The first-order chi connectivity index (χ1) is 7.79. The van der Waals surface area contributed by atoms with Gasteiger partial charge in [0, 0.05) is 0 Å². The smallest absolute Gasteiger partial charge is 0.119 e. The Morgan fingerprint density at radius 1 is 1.18 bits per heavy atom. The highest BCUT2D eigenvalue weighted by atomic mass is 16.3. The highest BCUT2D eigenvalue weighted by Crippen LogP contribution is 2.35. The number of rotatable bonds is 4. The third-order valence-electron chi connectivity index (χ3n) is 4.18. The summed E-state index contributed by atoms with van der Waals surface area (Å²) < 4.78 is 0. The van der Waals surface area contributed by atoms with Crippen LogP contribution in [0.4, 0.5) is 0 Å². The van der Waals surface area contributed by atoms with Crippen LogP contribution in [0.3, 0.4) is 0 Å². The molecule has 1 nitrogen and oxygen atoms in total. The van der Waals surface area contributed by atoms with E-state index in [1.54, 1.807) is 0 Å². The standard InChI is InChI=1S/C16H26O/c1-7-16(5,6)13-8-9-15(17)14(10-13)12(4)11(2)3/h8-12,17H,7H2,1-6H3. The summed E-state index contributed by atoms with van der Waals surface area (Å²) in [7, 11) is 0. The minimum Gasteiger partial charge on any atom is -0.508 e. The van der Waals surface area contributed by atoms with Gasteiger partial charge in [-0.15, -0.1) is 0 Å². The summed E-state index contributed by atoms with van der Waals surface area (Å²) in [5.41, 5.74) is 2.58. The Hall–Kier alpha value is -0.980. The lowest BCUT2D eigenvalue weighted by atomic mass is 9.79. The van der Waals surface area contributed by atoms with Crippen molar-refractivity contribution in [2.75, 3.05) is 0 Å². The summed E-state index contributed by atoms with van der Waals surface area (Å²) in [5.74, 6) is 1.37. The number of phenolic OH excluding ortho intramolecular Hbond substituents is 1. The van der Waals surface area contributed by atoms with Gasteiger partial charge in [-0.3, -0.25) is 0 Å². The Morgan fingerprint density at radius 2 is 1.76 bits per heavy atom. The van der Waals surface area contributed by atoms with Crippen molar-refractivity contribution in [1.29, 1.82) is 0 Å². The lowest BCUT2D eigenvalue weighted by Crippen LogP contribution is -2.16. The molecule has 0 saturated carbocycles. The summed E-state index contributed by atoms with van der Waals surface area (Å²) in [5, 5.41) is 9.99. The monoisotopic (exact) mass is 234 g/mol. The van der Waals surface area contributed by atoms with E-state index in [4.69, 9.17) is 0 Å². The van der Waals surface area contributed by atoms with Crippen molar-refractivity contribution in [3.63, 3.8) is 0 Å². The minimum atomic E-state index is 0.180. The van der Waals surface area contributed by atoms with Crippen LogP contribution in [0.15, 0.2) is 18.2 Å². The van der Waals surface area contributed by atoms with Crippen molar-refractivity contribution >= 4 is 0 Å². The lowest BCUT2D eigenvalue weighted by molar-refractivity contribution is 0.441. The number of benzene rings is 1. The molecule has 0 radical (unpaired) electrons. The molecule has 1 N–H and O–H groups in total. The van der Waals surface area contributed by atoms with E-state index < -0.39 is 0 Å². The molecular weight excluding hydrogens is 208 g/mol. The molecule has 96 valence electrons. The Bertz CT molecular complexity index is 377. The van der Waals surface area contributed by atoms with Crippen LogP contribution in [0.5, 0.6) is 5.75 Å². The van der Waals surface area contributed by atoms with Crippen molar-refractivity contribution in [2.24, 2.45) is 5.92 Å². The van der Waals surface area contributed by atoms with Gasteiger partial charge >= 0.3 is 0 Å². The predicted octanol–water partition coefficient (Wildman–Crippen LogP) is 4.84. The van der Waals surface area contributed by atoms with Crippen LogP contribution in [0.1, 0.15) is 65.0 Å². The molecule has 0 aromatic heterocycles. The van der Waals surface area contributed by atoms with Gasteiger partial charge in [0.1, 0.15) is 5.75 Å². The van der Waals surface area contributed by atoms with E-state index >= 15 is 0 Å². The fourth-order valence-electron chi connectivity index (χ4n) is 1.90.